The molecule has 9 heteroatoms. The molecule has 2 aromatic carbocycles. The van der Waals surface area contributed by atoms with E-state index < -0.39 is 28.4 Å². The van der Waals surface area contributed by atoms with E-state index >= 15 is 0 Å². The van der Waals surface area contributed by atoms with E-state index in [9.17, 15) is 18.0 Å². The third kappa shape index (κ3) is 3.40. The van der Waals surface area contributed by atoms with Gasteiger partial charge in [0.2, 0.25) is 5.91 Å². The van der Waals surface area contributed by atoms with Crippen LogP contribution in [0.15, 0.2) is 65.8 Å². The average Bonchev–Trinajstić information content (AvgIpc) is 3.22. The molecule has 0 spiro atoms. The number of imidazole rings is 1. The summed E-state index contributed by atoms with van der Waals surface area (Å²) >= 11 is 0. The fourth-order valence-electron chi connectivity index (χ4n) is 3.20. The second-order valence-corrected chi connectivity index (χ2v) is 8.43. The number of rotatable bonds is 5. The number of aromatic nitrogens is 2. The van der Waals surface area contributed by atoms with Crippen molar-refractivity contribution in [1.29, 1.82) is 0 Å². The van der Waals surface area contributed by atoms with E-state index in [2.05, 4.69) is 10.3 Å². The molecule has 0 aliphatic carbocycles. The van der Waals surface area contributed by atoms with Crippen LogP contribution < -0.4 is 5.32 Å². The summed E-state index contributed by atoms with van der Waals surface area (Å²) in [5.74, 6) is -0.372. The molecule has 0 saturated carbocycles. The van der Waals surface area contributed by atoms with E-state index in [0.717, 1.165) is 17.1 Å². The molecule has 8 nitrogen and oxygen atoms in total. The maximum atomic E-state index is 12.5. The van der Waals surface area contributed by atoms with Gasteiger partial charge in [-0.05, 0) is 36.8 Å². The van der Waals surface area contributed by atoms with Crippen LogP contribution in [0.2, 0.25) is 0 Å². The molecule has 1 aromatic heterocycles. The van der Waals surface area contributed by atoms with Gasteiger partial charge in [-0.15, -0.1) is 0 Å². The molecule has 0 atom stereocenters. The van der Waals surface area contributed by atoms with Crippen molar-refractivity contribution in [2.75, 3.05) is 6.54 Å². The molecule has 2 amide bonds. The fraction of sp³-hybridized carbons (Fsp3) is 0.150. The van der Waals surface area contributed by atoms with Crippen molar-refractivity contribution in [2.24, 2.45) is 0 Å². The predicted octanol–water partition coefficient (Wildman–Crippen LogP) is 1.64. The van der Waals surface area contributed by atoms with Gasteiger partial charge in [0, 0.05) is 24.6 Å². The molecule has 1 N–H and O–H groups in total. The van der Waals surface area contributed by atoms with Crippen LogP contribution in [-0.2, 0) is 21.4 Å². The van der Waals surface area contributed by atoms with Crippen LogP contribution in [0.3, 0.4) is 0 Å². The highest BCUT2D eigenvalue weighted by molar-refractivity contribution is 7.90. The number of hydrogen-bond acceptors (Lipinski definition) is 5. The third-order valence-corrected chi connectivity index (χ3v) is 6.52. The van der Waals surface area contributed by atoms with Crippen molar-refractivity contribution in [1.82, 2.24) is 19.2 Å². The highest BCUT2D eigenvalue weighted by atomic mass is 32.2. The molecule has 29 heavy (non-hydrogen) atoms. The predicted molar refractivity (Wildman–Crippen MR) is 105 cm³/mol. The first-order chi connectivity index (χ1) is 13.9. The largest absolute Gasteiger partial charge is 0.350 e. The third-order valence-electron chi connectivity index (χ3n) is 4.73. The van der Waals surface area contributed by atoms with E-state index in [1.54, 1.807) is 18.3 Å². The first-order valence-corrected chi connectivity index (χ1v) is 10.3. The number of amides is 2. The van der Waals surface area contributed by atoms with Gasteiger partial charge in [0.25, 0.3) is 15.9 Å². The lowest BCUT2D eigenvalue weighted by Gasteiger charge is -2.15. The number of carbonyl (C=O) groups excluding carboxylic acids is 2. The van der Waals surface area contributed by atoms with Crippen LogP contribution >= 0.6 is 0 Å². The molecule has 3 aromatic rings. The minimum absolute atomic E-state index is 0.0665. The van der Waals surface area contributed by atoms with Gasteiger partial charge in [-0.2, -0.15) is 0 Å². The number of carbonyl (C=O) groups is 2. The van der Waals surface area contributed by atoms with Crippen molar-refractivity contribution in [3.63, 3.8) is 0 Å². The molecule has 0 bridgehead atoms. The average molecular weight is 410 g/mol. The minimum Gasteiger partial charge on any atom is -0.350 e. The van der Waals surface area contributed by atoms with Crippen LogP contribution in [0.4, 0.5) is 0 Å². The van der Waals surface area contributed by atoms with E-state index in [0.29, 0.717) is 4.31 Å². The molecule has 1 aliphatic heterocycles. The summed E-state index contributed by atoms with van der Waals surface area (Å²) in [4.78, 5) is 28.7. The van der Waals surface area contributed by atoms with Crippen LogP contribution in [-0.4, -0.2) is 40.6 Å². The van der Waals surface area contributed by atoms with E-state index in [1.165, 1.54) is 12.1 Å². The van der Waals surface area contributed by atoms with Gasteiger partial charge >= 0.3 is 0 Å². The van der Waals surface area contributed by atoms with Crippen molar-refractivity contribution in [3.8, 4) is 5.69 Å². The normalized spacial score (nSPS) is 14.7. The number of sulfonamides is 1. The van der Waals surface area contributed by atoms with Crippen LogP contribution in [0, 0.1) is 6.92 Å². The SMILES string of the molecule is Cc1nccn1-c1ccc(CNC(=O)CN2C(=O)c3ccccc3S2(=O)=O)cc1. The zero-order valence-corrected chi connectivity index (χ0v) is 16.4. The Morgan fingerprint density at radius 2 is 1.83 bits per heavy atom. The Morgan fingerprint density at radius 3 is 2.48 bits per heavy atom. The quantitative estimate of drug-likeness (QED) is 0.689. The van der Waals surface area contributed by atoms with Crippen LogP contribution in [0.25, 0.3) is 5.69 Å². The number of benzene rings is 2. The molecular formula is C20H18N4O4S. The second kappa shape index (κ2) is 7.17. The van der Waals surface area contributed by atoms with Crippen molar-refractivity contribution >= 4 is 21.8 Å². The van der Waals surface area contributed by atoms with Crippen molar-refractivity contribution < 1.29 is 18.0 Å². The monoisotopic (exact) mass is 410 g/mol. The Balaban J connectivity index is 1.40. The molecule has 1 aliphatic rings. The summed E-state index contributed by atoms with van der Waals surface area (Å²) in [6.45, 7) is 1.57. The smallest absolute Gasteiger partial charge is 0.269 e. The van der Waals surface area contributed by atoms with Crippen LogP contribution in [0.5, 0.6) is 0 Å². The maximum absolute atomic E-state index is 12.5. The van der Waals surface area contributed by atoms with Gasteiger partial charge in [0.05, 0.1) is 5.56 Å². The van der Waals surface area contributed by atoms with E-state index in [1.807, 2.05) is 42.0 Å². The van der Waals surface area contributed by atoms with Gasteiger partial charge in [0.1, 0.15) is 17.3 Å². The molecule has 0 fully saturated rings. The van der Waals surface area contributed by atoms with Gasteiger partial charge in [-0.25, -0.2) is 17.7 Å². The number of hydrogen-bond donors (Lipinski definition) is 1. The lowest BCUT2D eigenvalue weighted by Crippen LogP contribution is -2.40. The molecular weight excluding hydrogens is 392 g/mol. The molecule has 4 rings (SSSR count). The summed E-state index contributed by atoms with van der Waals surface area (Å²) in [6, 6.07) is 13.5. The lowest BCUT2D eigenvalue weighted by molar-refractivity contribution is -0.121. The zero-order chi connectivity index (χ0) is 20.6. The van der Waals surface area contributed by atoms with Gasteiger partial charge < -0.3 is 9.88 Å². The maximum Gasteiger partial charge on any atom is 0.269 e. The number of fused-ring (bicyclic) bond motifs is 1. The van der Waals surface area contributed by atoms with Gasteiger partial charge in [-0.1, -0.05) is 24.3 Å². The Morgan fingerprint density at radius 1 is 1.10 bits per heavy atom. The standard InChI is InChI=1S/C20H18N4O4S/c1-14-21-10-11-23(14)16-8-6-15(7-9-16)12-22-19(25)13-24-20(26)17-4-2-3-5-18(17)29(24,27)28/h2-11H,12-13H2,1H3,(H,22,25). The first kappa shape index (κ1) is 18.9. The lowest BCUT2D eigenvalue weighted by atomic mass is 10.2. The highest BCUT2D eigenvalue weighted by Crippen LogP contribution is 2.29. The molecule has 2 heterocycles. The Hall–Kier alpha value is -3.46. The van der Waals surface area contributed by atoms with E-state index in [4.69, 9.17) is 0 Å². The zero-order valence-electron chi connectivity index (χ0n) is 15.6. The summed E-state index contributed by atoms with van der Waals surface area (Å²) < 4.78 is 27.5. The summed E-state index contributed by atoms with van der Waals surface area (Å²) in [7, 11) is -3.99. The first-order valence-electron chi connectivity index (χ1n) is 8.90. The Labute approximate surface area is 167 Å². The molecule has 0 unspecified atom stereocenters. The second-order valence-electron chi connectivity index (χ2n) is 6.60. The van der Waals surface area contributed by atoms with Gasteiger partial charge in [0.15, 0.2) is 0 Å². The highest BCUT2D eigenvalue weighted by Gasteiger charge is 2.41. The van der Waals surface area contributed by atoms with Gasteiger partial charge in [-0.3, -0.25) is 9.59 Å². The summed E-state index contributed by atoms with van der Waals surface area (Å²) in [5, 5.41) is 2.66. The summed E-state index contributed by atoms with van der Waals surface area (Å²) in [5.41, 5.74) is 1.88. The van der Waals surface area contributed by atoms with Crippen molar-refractivity contribution in [3.05, 3.63) is 77.9 Å². The molecule has 0 radical (unpaired) electrons. The van der Waals surface area contributed by atoms with Crippen LogP contribution in [0.1, 0.15) is 21.7 Å². The fourth-order valence-corrected chi connectivity index (χ4v) is 4.72. The molecule has 0 saturated heterocycles. The van der Waals surface area contributed by atoms with Crippen molar-refractivity contribution in [2.45, 2.75) is 18.4 Å². The Kier molecular flexibility index (Phi) is 4.67. The molecule has 148 valence electrons. The number of nitrogens with zero attached hydrogens (tertiary/aromatic N) is 3. The topological polar surface area (TPSA) is 101 Å². The number of aryl methyl sites for hydroxylation is 1. The Bertz CT molecular complexity index is 1200. The van der Waals surface area contributed by atoms with E-state index in [-0.39, 0.29) is 17.0 Å². The number of nitrogens with one attached hydrogen (secondary N) is 1. The minimum atomic E-state index is -3.99. The summed E-state index contributed by atoms with van der Waals surface area (Å²) in [6.07, 6.45) is 3.58.